The minimum atomic E-state index is -1.23. The fourth-order valence-corrected chi connectivity index (χ4v) is 3.69. The van der Waals surface area contributed by atoms with E-state index in [1.807, 2.05) is 48.5 Å². The molecule has 0 bridgehead atoms. The molecule has 0 spiro atoms. The van der Waals surface area contributed by atoms with E-state index >= 15 is 0 Å². The van der Waals surface area contributed by atoms with Crippen LogP contribution in [0, 0.1) is 5.41 Å². The number of carbonyl (C=O) groups is 3. The second kappa shape index (κ2) is 9.40. The lowest BCUT2D eigenvalue weighted by Crippen LogP contribution is -2.54. The van der Waals surface area contributed by atoms with Gasteiger partial charge in [0, 0.05) is 5.92 Å². The Balaban J connectivity index is 1.66. The maximum absolute atomic E-state index is 12.6. The molecule has 8 heteroatoms. The van der Waals surface area contributed by atoms with Crippen molar-refractivity contribution in [2.45, 2.75) is 45.8 Å². The first-order valence-electron chi connectivity index (χ1n) is 10.4. The molecule has 1 aliphatic carbocycles. The van der Waals surface area contributed by atoms with E-state index in [1.165, 1.54) is 6.92 Å². The van der Waals surface area contributed by atoms with Crippen LogP contribution in [-0.2, 0) is 19.2 Å². The van der Waals surface area contributed by atoms with Crippen LogP contribution in [0.3, 0.4) is 0 Å². The zero-order chi connectivity index (χ0) is 23.5. The maximum atomic E-state index is 12.6. The fourth-order valence-electron chi connectivity index (χ4n) is 3.69. The summed E-state index contributed by atoms with van der Waals surface area (Å²) in [6.45, 7) is 6.70. The van der Waals surface area contributed by atoms with Crippen molar-refractivity contribution in [1.82, 2.24) is 10.8 Å². The Hall–Kier alpha value is -3.39. The number of carboxylic acids is 1. The van der Waals surface area contributed by atoms with Crippen molar-refractivity contribution in [3.8, 4) is 11.1 Å². The maximum Gasteiger partial charge on any atom is 0.407 e. The number of alkyl carbamates (subject to hydrolysis) is 1. The van der Waals surface area contributed by atoms with E-state index in [0.29, 0.717) is 0 Å². The van der Waals surface area contributed by atoms with E-state index in [9.17, 15) is 14.4 Å². The van der Waals surface area contributed by atoms with E-state index in [-0.39, 0.29) is 12.5 Å². The number of nitrogens with one attached hydrogen (secondary N) is 2. The Morgan fingerprint density at radius 1 is 1.00 bits per heavy atom. The van der Waals surface area contributed by atoms with Crippen LogP contribution in [0.2, 0.25) is 0 Å². The average Bonchev–Trinajstić information content (AvgIpc) is 3.07. The van der Waals surface area contributed by atoms with Crippen LogP contribution in [-0.4, -0.2) is 41.8 Å². The van der Waals surface area contributed by atoms with E-state index in [2.05, 4.69) is 10.8 Å². The summed E-state index contributed by atoms with van der Waals surface area (Å²) in [6, 6.07) is 15.0. The highest BCUT2D eigenvalue weighted by Gasteiger charge is 2.35. The molecule has 2 amide bonds. The van der Waals surface area contributed by atoms with E-state index in [1.54, 1.807) is 20.8 Å². The number of hydrogen-bond donors (Lipinski definition) is 3. The smallest absolute Gasteiger partial charge is 0.407 e. The molecule has 32 heavy (non-hydrogen) atoms. The molecule has 170 valence electrons. The van der Waals surface area contributed by atoms with Gasteiger partial charge in [-0.25, -0.2) is 15.1 Å². The third-order valence-electron chi connectivity index (χ3n) is 5.42. The zero-order valence-electron chi connectivity index (χ0n) is 18.5. The number of carboxylic acid groups (broad SMARTS) is 1. The van der Waals surface area contributed by atoms with Crippen molar-refractivity contribution < 1.29 is 29.1 Å². The number of ether oxygens (including phenoxy) is 1. The Morgan fingerprint density at radius 2 is 1.53 bits per heavy atom. The molecule has 0 heterocycles. The molecule has 2 atom stereocenters. The van der Waals surface area contributed by atoms with Crippen LogP contribution in [0.25, 0.3) is 11.1 Å². The minimum Gasteiger partial charge on any atom is -0.479 e. The second-order valence-electron chi connectivity index (χ2n) is 8.83. The van der Waals surface area contributed by atoms with Crippen LogP contribution in [0.15, 0.2) is 48.5 Å². The molecule has 0 fully saturated rings. The van der Waals surface area contributed by atoms with Gasteiger partial charge in [-0.2, -0.15) is 0 Å². The second-order valence-corrected chi connectivity index (χ2v) is 8.83. The highest BCUT2D eigenvalue weighted by molar-refractivity contribution is 5.86. The summed E-state index contributed by atoms with van der Waals surface area (Å²) in [5.41, 5.74) is 5.84. The molecule has 3 N–H and O–H groups in total. The quantitative estimate of drug-likeness (QED) is 0.568. The predicted octanol–water partition coefficient (Wildman–Crippen LogP) is 3.46. The Morgan fingerprint density at radius 3 is 2.03 bits per heavy atom. The van der Waals surface area contributed by atoms with Crippen molar-refractivity contribution in [1.29, 1.82) is 0 Å². The molecular weight excluding hydrogens is 412 g/mol. The molecule has 8 nitrogen and oxygen atoms in total. The van der Waals surface area contributed by atoms with Gasteiger partial charge in [0.15, 0.2) is 6.10 Å². The summed E-state index contributed by atoms with van der Waals surface area (Å²) >= 11 is 0. The Kier molecular flexibility index (Phi) is 6.84. The van der Waals surface area contributed by atoms with Crippen molar-refractivity contribution in [3.63, 3.8) is 0 Å². The lowest BCUT2D eigenvalue weighted by molar-refractivity contribution is -0.160. The normalized spacial score (nSPS) is 14.6. The lowest BCUT2D eigenvalue weighted by Gasteiger charge is -2.30. The van der Waals surface area contributed by atoms with Gasteiger partial charge in [-0.1, -0.05) is 69.3 Å². The SMILES string of the molecule is CC(ONC(=O)C(NC(=O)OCC1c2ccccc2-c2ccccc21)C(C)(C)C)C(=O)O. The molecule has 0 aromatic heterocycles. The van der Waals surface area contributed by atoms with E-state index in [4.69, 9.17) is 14.7 Å². The summed E-state index contributed by atoms with van der Waals surface area (Å²) < 4.78 is 5.51. The standard InChI is InChI=1S/C24H28N2O6/c1-14(22(28)29)32-26-21(27)20(24(2,3)4)25-23(30)31-13-19-17-11-7-5-9-15(17)16-10-6-8-12-18(16)19/h5-12,14,19-20H,13H2,1-4H3,(H,25,30)(H,26,27)(H,28,29). The molecule has 0 saturated carbocycles. The van der Waals surface area contributed by atoms with Gasteiger partial charge in [0.1, 0.15) is 12.6 Å². The van der Waals surface area contributed by atoms with Gasteiger partial charge in [-0.15, -0.1) is 0 Å². The van der Waals surface area contributed by atoms with Gasteiger partial charge >= 0.3 is 12.1 Å². The zero-order valence-corrected chi connectivity index (χ0v) is 18.5. The highest BCUT2D eigenvalue weighted by Crippen LogP contribution is 2.44. The van der Waals surface area contributed by atoms with Crippen molar-refractivity contribution in [2.24, 2.45) is 5.41 Å². The predicted molar refractivity (Wildman–Crippen MR) is 118 cm³/mol. The number of hydroxylamine groups is 1. The van der Waals surface area contributed by atoms with Gasteiger partial charge < -0.3 is 15.2 Å². The highest BCUT2D eigenvalue weighted by atomic mass is 16.7. The first-order chi connectivity index (χ1) is 15.1. The van der Waals surface area contributed by atoms with Gasteiger partial charge in [0.2, 0.25) is 0 Å². The van der Waals surface area contributed by atoms with Crippen molar-refractivity contribution in [3.05, 3.63) is 59.7 Å². The van der Waals surface area contributed by atoms with Crippen LogP contribution < -0.4 is 10.8 Å². The monoisotopic (exact) mass is 440 g/mol. The Bertz CT molecular complexity index is 968. The number of rotatable bonds is 7. The molecule has 0 aliphatic heterocycles. The summed E-state index contributed by atoms with van der Waals surface area (Å²) in [7, 11) is 0. The van der Waals surface area contributed by atoms with E-state index < -0.39 is 35.5 Å². The van der Waals surface area contributed by atoms with Gasteiger partial charge in [-0.3, -0.25) is 9.63 Å². The fraction of sp³-hybridized carbons (Fsp3) is 0.375. The number of carbonyl (C=O) groups excluding carboxylic acids is 2. The molecule has 2 unspecified atom stereocenters. The molecule has 2 aromatic rings. The number of aliphatic carboxylic acids is 1. The number of benzene rings is 2. The number of amides is 2. The largest absolute Gasteiger partial charge is 0.479 e. The summed E-state index contributed by atoms with van der Waals surface area (Å²) in [5, 5.41) is 11.5. The first kappa shape index (κ1) is 23.3. The van der Waals surface area contributed by atoms with Crippen molar-refractivity contribution in [2.75, 3.05) is 6.61 Å². The van der Waals surface area contributed by atoms with Crippen LogP contribution >= 0.6 is 0 Å². The van der Waals surface area contributed by atoms with Gasteiger partial charge in [0.25, 0.3) is 5.91 Å². The van der Waals surface area contributed by atoms with Gasteiger partial charge in [-0.05, 0) is 34.6 Å². The molecule has 0 saturated heterocycles. The van der Waals surface area contributed by atoms with Crippen molar-refractivity contribution >= 4 is 18.0 Å². The van der Waals surface area contributed by atoms with Gasteiger partial charge in [0.05, 0.1) is 0 Å². The third kappa shape index (κ3) is 5.08. The molecule has 0 radical (unpaired) electrons. The summed E-state index contributed by atoms with van der Waals surface area (Å²) in [6.07, 6.45) is -1.97. The topological polar surface area (TPSA) is 114 Å². The average molecular weight is 440 g/mol. The lowest BCUT2D eigenvalue weighted by atomic mass is 9.86. The molecule has 2 aromatic carbocycles. The minimum absolute atomic E-state index is 0.102. The van der Waals surface area contributed by atoms with Crippen LogP contribution in [0.1, 0.15) is 44.7 Å². The third-order valence-corrected chi connectivity index (χ3v) is 5.42. The Labute approximate surface area is 186 Å². The van der Waals surface area contributed by atoms with E-state index in [0.717, 1.165) is 22.3 Å². The number of fused-ring (bicyclic) bond motifs is 3. The summed E-state index contributed by atoms with van der Waals surface area (Å²) in [5.74, 6) is -1.99. The van der Waals surface area contributed by atoms with Crippen LogP contribution in [0.5, 0.6) is 0 Å². The summed E-state index contributed by atoms with van der Waals surface area (Å²) in [4.78, 5) is 40.9. The first-order valence-corrected chi connectivity index (χ1v) is 10.4. The molecule has 3 rings (SSSR count). The molecule has 1 aliphatic rings. The number of hydrogen-bond acceptors (Lipinski definition) is 5. The van der Waals surface area contributed by atoms with Crippen LogP contribution in [0.4, 0.5) is 4.79 Å². The molecular formula is C24H28N2O6.